The second-order valence-electron chi connectivity index (χ2n) is 8.44. The first-order valence-electron chi connectivity index (χ1n) is 8.29. The number of carbonyl (C=O) groups is 1. The number of hydrogen-bond donors (Lipinski definition) is 1. The summed E-state index contributed by atoms with van der Waals surface area (Å²) in [6, 6.07) is 5.85. The molecule has 1 aromatic rings. The van der Waals surface area contributed by atoms with Crippen LogP contribution in [0.4, 0.5) is 0 Å². The molecular weight excluding hydrogens is 332 g/mol. The third-order valence-corrected chi connectivity index (χ3v) is 5.53. The van der Waals surface area contributed by atoms with Gasteiger partial charge in [-0.15, -0.1) is 0 Å². The number of hydrogen-bond acceptors (Lipinski definition) is 4. The van der Waals surface area contributed by atoms with Gasteiger partial charge in [-0.1, -0.05) is 59.9 Å². The Bertz CT molecular complexity index is 728. The van der Waals surface area contributed by atoms with Crippen LogP contribution in [0.15, 0.2) is 23.7 Å². The van der Waals surface area contributed by atoms with E-state index in [4.69, 9.17) is 5.26 Å². The van der Waals surface area contributed by atoms with Gasteiger partial charge in [0.2, 0.25) is 5.91 Å². The van der Waals surface area contributed by atoms with Crippen molar-refractivity contribution in [3.63, 3.8) is 0 Å². The van der Waals surface area contributed by atoms with Crippen molar-refractivity contribution in [3.05, 3.63) is 40.4 Å². The number of aromatic hydroxyl groups is 1. The van der Waals surface area contributed by atoms with Gasteiger partial charge in [-0.05, 0) is 39.7 Å². The van der Waals surface area contributed by atoms with Crippen LogP contribution in [0.2, 0.25) is 0 Å². The van der Waals surface area contributed by atoms with Crippen molar-refractivity contribution in [1.29, 1.82) is 5.26 Å². The minimum atomic E-state index is -0.427. The predicted octanol–water partition coefficient (Wildman–Crippen LogP) is 4.60. The van der Waals surface area contributed by atoms with Gasteiger partial charge in [0, 0.05) is 0 Å². The Kier molecular flexibility index (Phi) is 4.98. The molecule has 1 fully saturated rings. The molecule has 0 radical (unpaired) electrons. The summed E-state index contributed by atoms with van der Waals surface area (Å²) in [5.41, 5.74) is 2.00. The highest BCUT2D eigenvalue weighted by Gasteiger charge is 2.38. The standard InChI is InChI=1S/C20H26N2O2S/c1-12-22(9-8-21)18(24)17(25-12)13-10-14(19(2,3)4)16(23)15(11-13)20(5,6)7/h10-11,17,23H,1,9H2,2-7H3. The monoisotopic (exact) mass is 358 g/mol. The summed E-state index contributed by atoms with van der Waals surface area (Å²) in [6.45, 7) is 16.2. The van der Waals surface area contributed by atoms with E-state index < -0.39 is 5.25 Å². The van der Waals surface area contributed by atoms with Crippen molar-refractivity contribution < 1.29 is 9.90 Å². The van der Waals surface area contributed by atoms with Gasteiger partial charge in [0.05, 0.1) is 11.1 Å². The number of carbonyl (C=O) groups excluding carboxylic acids is 1. The Hall–Kier alpha value is -1.93. The van der Waals surface area contributed by atoms with Gasteiger partial charge < -0.3 is 5.11 Å². The molecule has 1 heterocycles. The van der Waals surface area contributed by atoms with Crippen molar-refractivity contribution in [2.24, 2.45) is 0 Å². The number of rotatable bonds is 2. The zero-order valence-corrected chi connectivity index (χ0v) is 16.6. The third kappa shape index (κ3) is 3.69. The second-order valence-corrected chi connectivity index (χ2v) is 9.62. The molecule has 0 aliphatic carbocycles. The molecule has 0 spiro atoms. The van der Waals surface area contributed by atoms with E-state index in [0.717, 1.165) is 16.7 Å². The van der Waals surface area contributed by atoms with E-state index in [1.165, 1.54) is 16.7 Å². The summed E-state index contributed by atoms with van der Waals surface area (Å²) in [5, 5.41) is 19.9. The molecule has 1 N–H and O–H groups in total. The molecule has 1 saturated heterocycles. The van der Waals surface area contributed by atoms with E-state index in [1.54, 1.807) is 0 Å². The van der Waals surface area contributed by atoms with E-state index >= 15 is 0 Å². The van der Waals surface area contributed by atoms with Crippen molar-refractivity contribution in [3.8, 4) is 11.8 Å². The minimum Gasteiger partial charge on any atom is -0.507 e. The van der Waals surface area contributed by atoms with Gasteiger partial charge in [-0.3, -0.25) is 9.69 Å². The molecule has 1 aromatic carbocycles. The maximum atomic E-state index is 12.7. The minimum absolute atomic E-state index is 0.0114. The lowest BCUT2D eigenvalue weighted by Crippen LogP contribution is -2.26. The predicted molar refractivity (Wildman–Crippen MR) is 102 cm³/mol. The topological polar surface area (TPSA) is 64.3 Å². The van der Waals surface area contributed by atoms with Crippen LogP contribution in [-0.4, -0.2) is 22.5 Å². The second kappa shape index (κ2) is 6.42. The van der Waals surface area contributed by atoms with Crippen molar-refractivity contribution in [1.82, 2.24) is 4.90 Å². The molecule has 1 atom stereocenters. The first-order valence-corrected chi connectivity index (χ1v) is 9.17. The highest BCUT2D eigenvalue weighted by Crippen LogP contribution is 2.48. The van der Waals surface area contributed by atoms with Gasteiger partial charge in [-0.2, -0.15) is 5.26 Å². The highest BCUT2D eigenvalue weighted by molar-refractivity contribution is 8.04. The van der Waals surface area contributed by atoms with Crippen LogP contribution < -0.4 is 0 Å². The lowest BCUT2D eigenvalue weighted by atomic mass is 9.78. The average Bonchev–Trinajstić information content (AvgIpc) is 2.73. The van der Waals surface area contributed by atoms with E-state index in [0.29, 0.717) is 10.8 Å². The fraction of sp³-hybridized carbons (Fsp3) is 0.500. The Labute approximate surface area is 154 Å². The van der Waals surface area contributed by atoms with Crippen LogP contribution in [0.25, 0.3) is 0 Å². The average molecular weight is 359 g/mol. The van der Waals surface area contributed by atoms with E-state index in [-0.39, 0.29) is 23.3 Å². The number of phenols is 1. The maximum Gasteiger partial charge on any atom is 0.246 e. The number of nitriles is 1. The zero-order valence-electron chi connectivity index (χ0n) is 15.8. The fourth-order valence-electron chi connectivity index (χ4n) is 2.91. The first kappa shape index (κ1) is 19.4. The molecule has 1 aliphatic rings. The van der Waals surface area contributed by atoms with Crippen molar-refractivity contribution in [2.75, 3.05) is 6.54 Å². The van der Waals surface area contributed by atoms with Gasteiger partial charge in [0.15, 0.2) is 0 Å². The normalized spacial score (nSPS) is 18.6. The SMILES string of the molecule is C=C1SC(c2cc(C(C)(C)C)c(O)c(C(C)(C)C)c2)C(=O)N1CC#N. The summed E-state index contributed by atoms with van der Waals surface area (Å²) < 4.78 is 0. The number of thioether (sulfide) groups is 1. The van der Waals surface area contributed by atoms with Crippen LogP contribution in [-0.2, 0) is 15.6 Å². The molecule has 134 valence electrons. The largest absolute Gasteiger partial charge is 0.507 e. The molecule has 2 rings (SSSR count). The summed E-state index contributed by atoms with van der Waals surface area (Å²) in [5.74, 6) is 0.175. The van der Waals surface area contributed by atoms with E-state index in [1.807, 2.05) is 59.7 Å². The number of phenolic OH excluding ortho intramolecular Hbond substituents is 1. The van der Waals surface area contributed by atoms with E-state index in [9.17, 15) is 9.90 Å². The van der Waals surface area contributed by atoms with Crippen LogP contribution in [0.5, 0.6) is 5.75 Å². The highest BCUT2D eigenvalue weighted by atomic mass is 32.2. The molecule has 25 heavy (non-hydrogen) atoms. The number of benzene rings is 1. The Balaban J connectivity index is 2.62. The van der Waals surface area contributed by atoms with E-state index in [2.05, 4.69) is 6.58 Å². The summed E-state index contributed by atoms with van der Waals surface area (Å²) >= 11 is 1.37. The summed E-state index contributed by atoms with van der Waals surface area (Å²) in [6.07, 6.45) is 0. The van der Waals surface area contributed by atoms with Gasteiger partial charge in [0.1, 0.15) is 17.5 Å². The summed E-state index contributed by atoms with van der Waals surface area (Å²) in [4.78, 5) is 14.2. The maximum absolute atomic E-state index is 12.7. The number of nitrogens with zero attached hydrogens (tertiary/aromatic N) is 2. The number of amides is 1. The van der Waals surface area contributed by atoms with Gasteiger partial charge >= 0.3 is 0 Å². The Morgan fingerprint density at radius 3 is 2.08 bits per heavy atom. The van der Waals surface area contributed by atoms with Crippen LogP contribution in [0.1, 0.15) is 63.5 Å². The molecule has 1 unspecified atom stereocenters. The Morgan fingerprint density at radius 2 is 1.68 bits per heavy atom. The molecule has 1 aliphatic heterocycles. The molecule has 0 bridgehead atoms. The molecule has 0 saturated carbocycles. The lowest BCUT2D eigenvalue weighted by Gasteiger charge is -2.29. The van der Waals surface area contributed by atoms with Gasteiger partial charge in [-0.25, -0.2) is 0 Å². The van der Waals surface area contributed by atoms with Crippen LogP contribution in [0, 0.1) is 11.3 Å². The molecule has 5 heteroatoms. The quantitative estimate of drug-likeness (QED) is 0.785. The Morgan fingerprint density at radius 1 is 1.20 bits per heavy atom. The fourth-order valence-corrected chi connectivity index (χ4v) is 3.97. The first-order chi connectivity index (χ1) is 11.4. The smallest absolute Gasteiger partial charge is 0.246 e. The van der Waals surface area contributed by atoms with Crippen LogP contribution in [0.3, 0.4) is 0 Å². The lowest BCUT2D eigenvalue weighted by molar-refractivity contribution is -0.127. The molecule has 4 nitrogen and oxygen atoms in total. The zero-order chi connectivity index (χ0) is 19.2. The van der Waals surface area contributed by atoms with Crippen molar-refractivity contribution >= 4 is 17.7 Å². The third-order valence-electron chi connectivity index (χ3n) is 4.33. The summed E-state index contributed by atoms with van der Waals surface area (Å²) in [7, 11) is 0. The van der Waals surface area contributed by atoms with Crippen LogP contribution >= 0.6 is 11.8 Å². The molecule has 1 amide bonds. The molecular formula is C20H26N2O2S. The molecule has 0 aromatic heterocycles. The van der Waals surface area contributed by atoms with Gasteiger partial charge in [0.25, 0.3) is 0 Å². The van der Waals surface area contributed by atoms with Crippen molar-refractivity contribution in [2.45, 2.75) is 57.6 Å².